The molecule has 3 heterocycles. The van der Waals surface area contributed by atoms with Crippen LogP contribution < -0.4 is 4.72 Å². The first kappa shape index (κ1) is 20.8. The number of anilines is 1. The molecule has 5 rings (SSSR count). The number of aromatic amines is 1. The van der Waals surface area contributed by atoms with Gasteiger partial charge in [-0.3, -0.25) is 9.52 Å². The number of rotatable bonds is 5. The van der Waals surface area contributed by atoms with Crippen LogP contribution in [0, 0.1) is 0 Å². The molecule has 2 aromatic heterocycles. The lowest BCUT2D eigenvalue weighted by molar-refractivity contribution is 0.0712. The number of amides is 1. The molecule has 0 unspecified atom stereocenters. The monoisotopic (exact) mass is 465 g/mol. The first-order chi connectivity index (χ1) is 15.5. The fourth-order valence-corrected chi connectivity index (χ4v) is 6.27. The minimum Gasteiger partial charge on any atom is -0.358 e. The zero-order valence-corrected chi connectivity index (χ0v) is 19.0. The molecule has 0 bridgehead atoms. The lowest BCUT2D eigenvalue weighted by Gasteiger charge is -2.31. The van der Waals surface area contributed by atoms with Gasteiger partial charge in [0, 0.05) is 41.5 Å². The maximum Gasteiger partial charge on any atom is 0.271 e. The van der Waals surface area contributed by atoms with Crippen LogP contribution in [0.3, 0.4) is 0 Å². The summed E-state index contributed by atoms with van der Waals surface area (Å²) < 4.78 is 27.8. The topological polar surface area (TPSA) is 82.3 Å². The molecule has 164 valence electrons. The van der Waals surface area contributed by atoms with Crippen LogP contribution >= 0.6 is 11.3 Å². The maximum absolute atomic E-state index is 13.1. The number of para-hydroxylation sites is 1. The van der Waals surface area contributed by atoms with Gasteiger partial charge in [-0.1, -0.05) is 30.3 Å². The number of piperidine rings is 1. The number of hydrogen-bond acceptors (Lipinski definition) is 4. The van der Waals surface area contributed by atoms with Gasteiger partial charge < -0.3 is 9.88 Å². The summed E-state index contributed by atoms with van der Waals surface area (Å²) in [7, 11) is -3.65. The number of hydrogen-bond donors (Lipinski definition) is 2. The molecule has 0 saturated carbocycles. The van der Waals surface area contributed by atoms with Crippen LogP contribution in [0.25, 0.3) is 10.9 Å². The van der Waals surface area contributed by atoms with Crippen molar-refractivity contribution in [3.63, 3.8) is 0 Å². The molecule has 1 aliphatic heterocycles. The lowest BCUT2D eigenvalue weighted by Crippen LogP contribution is -2.38. The Morgan fingerprint density at radius 1 is 1.00 bits per heavy atom. The largest absolute Gasteiger partial charge is 0.358 e. The summed E-state index contributed by atoms with van der Waals surface area (Å²) in [5, 5.41) is 2.93. The molecule has 0 spiro atoms. The number of nitrogens with zero attached hydrogens (tertiary/aromatic N) is 1. The van der Waals surface area contributed by atoms with Crippen molar-refractivity contribution >= 4 is 43.9 Å². The molecular formula is C24H23N3O3S2. The molecule has 1 saturated heterocycles. The molecule has 1 amide bonds. The van der Waals surface area contributed by atoms with Crippen LogP contribution in [0.1, 0.15) is 34.8 Å². The summed E-state index contributed by atoms with van der Waals surface area (Å²) in [6, 6.07) is 20.4. The van der Waals surface area contributed by atoms with Gasteiger partial charge in [0.25, 0.3) is 15.9 Å². The molecule has 1 fully saturated rings. The Kier molecular flexibility index (Phi) is 5.48. The summed E-state index contributed by atoms with van der Waals surface area (Å²) in [4.78, 5) is 18.4. The van der Waals surface area contributed by atoms with Gasteiger partial charge in [0.1, 0.15) is 4.21 Å². The van der Waals surface area contributed by atoms with Crippen molar-refractivity contribution in [3.8, 4) is 0 Å². The van der Waals surface area contributed by atoms with Gasteiger partial charge in [-0.15, -0.1) is 11.3 Å². The van der Waals surface area contributed by atoms with Crippen molar-refractivity contribution in [2.45, 2.75) is 23.0 Å². The van der Waals surface area contributed by atoms with E-state index in [0.717, 1.165) is 29.7 Å². The Morgan fingerprint density at radius 2 is 1.81 bits per heavy atom. The number of nitrogens with one attached hydrogen (secondary N) is 2. The molecule has 8 heteroatoms. The Morgan fingerprint density at radius 3 is 2.56 bits per heavy atom. The summed E-state index contributed by atoms with van der Waals surface area (Å²) in [5.74, 6) is 0.327. The highest BCUT2D eigenvalue weighted by Gasteiger charge is 2.26. The molecule has 4 aromatic rings. The first-order valence-electron chi connectivity index (χ1n) is 10.5. The standard InChI is InChI=1S/C24H23N3O3S2/c28-24(19-6-3-7-20(15-19)26-32(29,30)23-9-4-14-31-23)27-12-10-17(11-13-27)22-16-18-5-1-2-8-21(18)25-22/h1-9,14-17,25-26H,10-13H2. The highest BCUT2D eigenvalue weighted by molar-refractivity contribution is 7.94. The fourth-order valence-electron chi connectivity index (χ4n) is 4.23. The van der Waals surface area contributed by atoms with Crippen LogP contribution in [-0.4, -0.2) is 37.3 Å². The second kappa shape index (κ2) is 8.44. The van der Waals surface area contributed by atoms with E-state index < -0.39 is 10.0 Å². The maximum atomic E-state index is 13.1. The molecule has 1 aliphatic rings. The number of fused-ring (bicyclic) bond motifs is 1. The second-order valence-electron chi connectivity index (χ2n) is 8.00. The Hall–Kier alpha value is -3.10. The third-order valence-corrected chi connectivity index (χ3v) is 8.67. The highest BCUT2D eigenvalue weighted by atomic mass is 32.2. The van der Waals surface area contributed by atoms with Crippen LogP contribution in [0.5, 0.6) is 0 Å². The van der Waals surface area contributed by atoms with E-state index in [-0.39, 0.29) is 10.1 Å². The molecule has 0 atom stereocenters. The van der Waals surface area contributed by atoms with E-state index in [2.05, 4.69) is 27.9 Å². The summed E-state index contributed by atoms with van der Waals surface area (Å²) in [6.07, 6.45) is 1.78. The van der Waals surface area contributed by atoms with E-state index in [1.54, 1.807) is 41.8 Å². The lowest BCUT2D eigenvalue weighted by atomic mass is 9.93. The summed E-state index contributed by atoms with van der Waals surface area (Å²) in [6.45, 7) is 1.34. The van der Waals surface area contributed by atoms with E-state index >= 15 is 0 Å². The van der Waals surface area contributed by atoms with Crippen molar-refractivity contribution in [1.82, 2.24) is 9.88 Å². The Labute approximate surface area is 190 Å². The molecule has 6 nitrogen and oxygen atoms in total. The fraction of sp³-hybridized carbons (Fsp3) is 0.208. The second-order valence-corrected chi connectivity index (χ2v) is 10.9. The van der Waals surface area contributed by atoms with Crippen molar-refractivity contribution in [3.05, 3.63) is 83.4 Å². The first-order valence-corrected chi connectivity index (χ1v) is 12.9. The normalized spacial score (nSPS) is 15.2. The van der Waals surface area contributed by atoms with Gasteiger partial charge in [0.2, 0.25) is 0 Å². The number of carbonyl (C=O) groups is 1. The number of benzene rings is 2. The minimum atomic E-state index is -3.65. The number of aromatic nitrogens is 1. The molecule has 32 heavy (non-hydrogen) atoms. The number of thiophene rings is 1. The van der Waals surface area contributed by atoms with Crippen LogP contribution in [-0.2, 0) is 10.0 Å². The van der Waals surface area contributed by atoms with Crippen molar-refractivity contribution in [2.24, 2.45) is 0 Å². The van der Waals surface area contributed by atoms with Gasteiger partial charge in [-0.05, 0) is 60.0 Å². The van der Waals surface area contributed by atoms with Crippen molar-refractivity contribution < 1.29 is 13.2 Å². The third-order valence-electron chi connectivity index (χ3n) is 5.89. The Bertz CT molecular complexity index is 1320. The molecule has 2 N–H and O–H groups in total. The SMILES string of the molecule is O=C(c1cccc(NS(=O)(=O)c2cccs2)c1)N1CCC(c2cc3ccccc3[nH]2)CC1. The van der Waals surface area contributed by atoms with Gasteiger partial charge >= 0.3 is 0 Å². The number of H-pyrrole nitrogens is 1. The van der Waals surface area contributed by atoms with Crippen LogP contribution in [0.15, 0.2) is 76.3 Å². The van der Waals surface area contributed by atoms with E-state index in [4.69, 9.17) is 0 Å². The van der Waals surface area contributed by atoms with E-state index in [0.29, 0.717) is 30.3 Å². The van der Waals surface area contributed by atoms with Crippen molar-refractivity contribution in [2.75, 3.05) is 17.8 Å². The van der Waals surface area contributed by atoms with Crippen molar-refractivity contribution in [1.29, 1.82) is 0 Å². The van der Waals surface area contributed by atoms with E-state index in [1.807, 2.05) is 17.0 Å². The van der Waals surface area contributed by atoms with E-state index in [1.165, 1.54) is 11.1 Å². The molecular weight excluding hydrogens is 442 g/mol. The van der Waals surface area contributed by atoms with Gasteiger partial charge in [0.15, 0.2) is 0 Å². The van der Waals surface area contributed by atoms with Gasteiger partial charge in [-0.25, -0.2) is 8.42 Å². The summed E-state index contributed by atoms with van der Waals surface area (Å²) >= 11 is 1.15. The molecule has 0 aliphatic carbocycles. The molecule has 2 aromatic carbocycles. The van der Waals surface area contributed by atoms with Crippen LogP contribution in [0.4, 0.5) is 5.69 Å². The van der Waals surface area contributed by atoms with Gasteiger partial charge in [-0.2, -0.15) is 0 Å². The quantitative estimate of drug-likeness (QED) is 0.433. The number of likely N-dealkylation sites (tertiary alicyclic amines) is 1. The average Bonchev–Trinajstić information content (AvgIpc) is 3.49. The van der Waals surface area contributed by atoms with Gasteiger partial charge in [0.05, 0.1) is 0 Å². The summed E-state index contributed by atoms with van der Waals surface area (Å²) in [5.41, 5.74) is 3.24. The zero-order chi connectivity index (χ0) is 22.1. The Balaban J connectivity index is 1.26. The minimum absolute atomic E-state index is 0.0720. The smallest absolute Gasteiger partial charge is 0.271 e. The third kappa shape index (κ3) is 4.16. The average molecular weight is 466 g/mol. The van der Waals surface area contributed by atoms with Crippen LogP contribution in [0.2, 0.25) is 0 Å². The number of carbonyl (C=O) groups excluding carboxylic acids is 1. The predicted octanol–water partition coefficient (Wildman–Crippen LogP) is 5.05. The molecule has 0 radical (unpaired) electrons. The predicted molar refractivity (Wildman–Crippen MR) is 128 cm³/mol. The highest BCUT2D eigenvalue weighted by Crippen LogP contribution is 2.30. The van der Waals surface area contributed by atoms with E-state index in [9.17, 15) is 13.2 Å². The zero-order valence-electron chi connectivity index (χ0n) is 17.3. The number of sulfonamides is 1.